The quantitative estimate of drug-likeness (QED) is 0.367. The number of Topliss-reactive ketones (excluding diaryl/α,β-unsaturated/α-hetero) is 1. The number of carbonyl (C=O) groups excluding carboxylic acids is 2. The molecule has 33 heavy (non-hydrogen) atoms. The Morgan fingerprint density at radius 3 is 2.58 bits per heavy atom. The fourth-order valence-electron chi connectivity index (χ4n) is 5.73. The molecule has 0 saturated carbocycles. The van der Waals surface area contributed by atoms with Crippen molar-refractivity contribution in [3.8, 4) is 0 Å². The normalized spacial score (nSPS) is 24.9. The fourth-order valence-corrected chi connectivity index (χ4v) is 6.13. The summed E-state index contributed by atoms with van der Waals surface area (Å²) in [5.41, 5.74) is 1.09. The molecule has 0 spiro atoms. The van der Waals surface area contributed by atoms with Crippen LogP contribution in [0.5, 0.6) is 0 Å². The van der Waals surface area contributed by atoms with E-state index in [1.165, 1.54) is 12.1 Å². The molecule has 0 aliphatic carbocycles. The van der Waals surface area contributed by atoms with Gasteiger partial charge >= 0.3 is 0 Å². The maximum atomic E-state index is 13.5. The summed E-state index contributed by atoms with van der Waals surface area (Å²) in [5.74, 6) is 1.59. The van der Waals surface area contributed by atoms with Crippen molar-refractivity contribution in [2.24, 2.45) is 5.92 Å². The first-order chi connectivity index (χ1) is 16.0. The number of nitrogens with one attached hydrogen (secondary N) is 1. The van der Waals surface area contributed by atoms with Crippen molar-refractivity contribution in [3.05, 3.63) is 35.6 Å². The average Bonchev–Trinajstić information content (AvgIpc) is 3.08. The lowest BCUT2D eigenvalue weighted by Crippen LogP contribution is -2.51. The summed E-state index contributed by atoms with van der Waals surface area (Å²) in [6.45, 7) is 5.44. The minimum absolute atomic E-state index is 0.0274. The van der Waals surface area contributed by atoms with Crippen LogP contribution in [0.1, 0.15) is 50.5 Å². The predicted molar refractivity (Wildman–Crippen MR) is 138 cm³/mol. The highest BCUT2D eigenvalue weighted by Crippen LogP contribution is 2.47. The van der Waals surface area contributed by atoms with Crippen LogP contribution in [0, 0.1) is 11.7 Å². The fraction of sp³-hybridized carbons (Fsp3) is 0.680. The van der Waals surface area contributed by atoms with Crippen LogP contribution >= 0.6 is 25.3 Å². The van der Waals surface area contributed by atoms with E-state index < -0.39 is 0 Å². The second-order valence-corrected chi connectivity index (χ2v) is 10.1. The molecule has 3 rings (SSSR count). The van der Waals surface area contributed by atoms with Crippen molar-refractivity contribution in [1.82, 2.24) is 15.1 Å². The van der Waals surface area contributed by atoms with Crippen LogP contribution in [0.25, 0.3) is 0 Å². The van der Waals surface area contributed by atoms with Gasteiger partial charge in [-0.1, -0.05) is 19.1 Å². The lowest BCUT2D eigenvalue weighted by atomic mass is 9.73. The highest BCUT2D eigenvalue weighted by atomic mass is 32.1. The van der Waals surface area contributed by atoms with Crippen molar-refractivity contribution in [3.63, 3.8) is 0 Å². The molecular formula is C25H38FN3O2S2. The van der Waals surface area contributed by atoms with Crippen LogP contribution in [0.2, 0.25) is 0 Å². The van der Waals surface area contributed by atoms with Crippen molar-refractivity contribution >= 4 is 36.9 Å². The second kappa shape index (κ2) is 13.1. The Bertz CT molecular complexity index is 779. The second-order valence-electron chi connectivity index (χ2n) is 9.20. The minimum Gasteiger partial charge on any atom is -0.354 e. The minimum atomic E-state index is -0.234. The van der Waals surface area contributed by atoms with E-state index in [1.54, 1.807) is 0 Å². The monoisotopic (exact) mass is 495 g/mol. The van der Waals surface area contributed by atoms with Crippen LogP contribution in [-0.2, 0) is 9.59 Å². The average molecular weight is 496 g/mol. The van der Waals surface area contributed by atoms with Gasteiger partial charge in [0.05, 0.1) is 6.54 Å². The number of nitrogens with zero attached hydrogens (tertiary/aromatic N) is 2. The van der Waals surface area contributed by atoms with Crippen LogP contribution in [0.3, 0.4) is 0 Å². The molecule has 2 unspecified atom stereocenters. The summed E-state index contributed by atoms with van der Waals surface area (Å²) in [6.07, 6.45) is 4.60. The number of amides is 1. The van der Waals surface area contributed by atoms with Crippen LogP contribution in [0.4, 0.5) is 4.39 Å². The van der Waals surface area contributed by atoms with E-state index in [-0.39, 0.29) is 29.6 Å². The van der Waals surface area contributed by atoms with E-state index in [9.17, 15) is 14.0 Å². The maximum absolute atomic E-state index is 13.5. The molecule has 8 heteroatoms. The van der Waals surface area contributed by atoms with Crippen LogP contribution in [-0.4, -0.2) is 77.8 Å². The number of thiol groups is 2. The van der Waals surface area contributed by atoms with Gasteiger partial charge in [-0.25, -0.2) is 4.39 Å². The lowest BCUT2D eigenvalue weighted by molar-refractivity contribution is -0.127. The van der Waals surface area contributed by atoms with E-state index >= 15 is 0 Å². The largest absolute Gasteiger partial charge is 0.354 e. The zero-order valence-corrected chi connectivity index (χ0v) is 21.4. The van der Waals surface area contributed by atoms with Crippen LogP contribution < -0.4 is 5.32 Å². The SMILES string of the molecule is CCC(=O)C1C2CC[C@H](C[C@H]1c1ccc(F)cc1)N2CCCN(CCS)CC(=O)NCCS. The van der Waals surface area contributed by atoms with E-state index in [1.807, 2.05) is 19.1 Å². The number of halogens is 1. The molecule has 1 aromatic rings. The summed E-state index contributed by atoms with van der Waals surface area (Å²) in [7, 11) is 0. The third-order valence-corrected chi connectivity index (χ3v) is 7.61. The first-order valence-corrected chi connectivity index (χ1v) is 13.5. The van der Waals surface area contributed by atoms with Gasteiger partial charge < -0.3 is 5.32 Å². The Kier molecular flexibility index (Phi) is 10.5. The van der Waals surface area contributed by atoms with Gasteiger partial charge in [-0.05, 0) is 62.4 Å². The lowest BCUT2D eigenvalue weighted by Gasteiger charge is -2.44. The van der Waals surface area contributed by atoms with Gasteiger partial charge in [0.15, 0.2) is 0 Å². The number of hydrogen-bond donors (Lipinski definition) is 3. The number of carbonyl (C=O) groups is 2. The number of piperidine rings is 1. The van der Waals surface area contributed by atoms with Crippen molar-refractivity contribution in [1.29, 1.82) is 0 Å². The molecule has 1 aromatic carbocycles. The van der Waals surface area contributed by atoms with Crippen LogP contribution in [0.15, 0.2) is 24.3 Å². The van der Waals surface area contributed by atoms with Crippen molar-refractivity contribution in [2.45, 2.75) is 57.0 Å². The number of hydrogen-bond acceptors (Lipinski definition) is 6. The summed E-state index contributed by atoms with van der Waals surface area (Å²) in [6, 6.07) is 7.46. The summed E-state index contributed by atoms with van der Waals surface area (Å²) in [4.78, 5) is 29.9. The molecule has 0 radical (unpaired) electrons. The Morgan fingerprint density at radius 1 is 1.15 bits per heavy atom. The molecule has 5 nitrogen and oxygen atoms in total. The first-order valence-electron chi connectivity index (χ1n) is 12.2. The highest BCUT2D eigenvalue weighted by Gasteiger charge is 2.49. The van der Waals surface area contributed by atoms with Gasteiger partial charge in [-0.2, -0.15) is 25.3 Å². The molecule has 1 N–H and O–H groups in total. The number of fused-ring (bicyclic) bond motifs is 2. The maximum Gasteiger partial charge on any atom is 0.234 e. The standard InChI is InChI=1S/C25H38FN3O2S2/c1-2-23(30)25-21(18-4-6-19(26)7-5-18)16-20-8-9-22(25)29(20)12-3-11-28(13-15-33)17-24(31)27-10-14-32/h4-7,20-22,25,32-33H,2-3,8-17H2,1H3,(H,27,31)/t20-,21+,22?,25?/m1/s1. The highest BCUT2D eigenvalue weighted by molar-refractivity contribution is 7.80. The predicted octanol–water partition coefficient (Wildman–Crippen LogP) is 3.41. The number of rotatable bonds is 13. The molecule has 2 heterocycles. The Balaban J connectivity index is 1.63. The third-order valence-electron chi connectivity index (χ3n) is 7.19. The van der Waals surface area contributed by atoms with E-state index in [2.05, 4.69) is 40.4 Å². The molecule has 1 amide bonds. The zero-order valence-electron chi connectivity index (χ0n) is 19.6. The summed E-state index contributed by atoms with van der Waals surface area (Å²) < 4.78 is 13.5. The molecule has 2 aliphatic rings. The molecule has 2 saturated heterocycles. The van der Waals surface area contributed by atoms with E-state index in [0.29, 0.717) is 42.8 Å². The van der Waals surface area contributed by atoms with Crippen molar-refractivity contribution < 1.29 is 14.0 Å². The Morgan fingerprint density at radius 2 is 1.91 bits per heavy atom. The van der Waals surface area contributed by atoms with Gasteiger partial charge in [0, 0.05) is 49.0 Å². The first kappa shape index (κ1) is 26.5. The summed E-state index contributed by atoms with van der Waals surface area (Å²) in [5, 5.41) is 2.88. The van der Waals surface area contributed by atoms with Gasteiger partial charge in [0.25, 0.3) is 0 Å². The van der Waals surface area contributed by atoms with Gasteiger partial charge in [-0.3, -0.25) is 19.4 Å². The topological polar surface area (TPSA) is 52.7 Å². The molecule has 0 aromatic heterocycles. The Labute approximate surface area is 208 Å². The van der Waals surface area contributed by atoms with E-state index in [0.717, 1.165) is 50.9 Å². The smallest absolute Gasteiger partial charge is 0.234 e. The van der Waals surface area contributed by atoms with Gasteiger partial charge in [0.1, 0.15) is 11.6 Å². The van der Waals surface area contributed by atoms with Gasteiger partial charge in [-0.15, -0.1) is 0 Å². The van der Waals surface area contributed by atoms with Gasteiger partial charge in [0.2, 0.25) is 5.91 Å². The number of ketones is 1. The zero-order chi connectivity index (χ0) is 23.8. The molecule has 2 fully saturated rings. The molecule has 2 bridgehead atoms. The number of benzene rings is 1. The third kappa shape index (κ3) is 6.96. The molecule has 184 valence electrons. The van der Waals surface area contributed by atoms with Crippen molar-refractivity contribution in [2.75, 3.05) is 44.2 Å². The molecular weight excluding hydrogens is 457 g/mol. The summed E-state index contributed by atoms with van der Waals surface area (Å²) >= 11 is 8.49. The van der Waals surface area contributed by atoms with E-state index in [4.69, 9.17) is 0 Å². The Hall–Kier alpha value is -1.09. The molecule has 4 atom stereocenters. The molecule has 2 aliphatic heterocycles.